The molecular formula is C18H24N2NiS4. The van der Waals surface area contributed by atoms with Gasteiger partial charge in [0.15, 0.2) is 0 Å². The summed E-state index contributed by atoms with van der Waals surface area (Å²) < 4.78 is 0. The molecule has 0 heterocycles. The first kappa shape index (κ1) is 21.2. The quantitative estimate of drug-likeness (QED) is 0.236. The molecule has 2 aromatic carbocycles. The molecule has 0 amide bonds. The summed E-state index contributed by atoms with van der Waals surface area (Å²) in [6, 6.07) is 17.3. The van der Waals surface area contributed by atoms with Crippen molar-refractivity contribution in [2.24, 2.45) is 0 Å². The second-order valence-corrected chi connectivity index (χ2v) is 7.68. The van der Waals surface area contributed by atoms with E-state index in [9.17, 15) is 0 Å². The summed E-state index contributed by atoms with van der Waals surface area (Å²) in [6.45, 7) is 0. The summed E-state index contributed by atoms with van der Waals surface area (Å²) in [4.78, 5) is 4.21. The van der Waals surface area contributed by atoms with E-state index in [2.05, 4.69) is 109 Å². The second-order valence-electron chi connectivity index (χ2n) is 5.36. The zero-order valence-electron chi connectivity index (χ0n) is 13.9. The first-order valence-electron chi connectivity index (χ1n) is 7.77. The summed E-state index contributed by atoms with van der Waals surface area (Å²) in [5.74, 6) is 2.69. The van der Waals surface area contributed by atoms with Crippen LogP contribution in [0.2, 0.25) is 0 Å². The van der Waals surface area contributed by atoms with Gasteiger partial charge >= 0.3 is 180 Å². The minimum atomic E-state index is 0.673. The van der Waals surface area contributed by atoms with E-state index in [4.69, 9.17) is 0 Å². The Hall–Kier alpha value is -0.0665. The number of anilines is 2. The monoisotopic (exact) mass is 454 g/mol. The molecule has 0 saturated carbocycles. The standard InChI is InChI=1S/2C9H12NS2.Ni/c2*1-8-2-4-9(5-3-8)10(6-11)7-12;/h2*2-5,11-12H,1,6-7H2;. The first-order chi connectivity index (χ1) is 12.2. The molecule has 0 aliphatic rings. The molecule has 0 aliphatic heterocycles. The Labute approximate surface area is 179 Å². The van der Waals surface area contributed by atoms with Gasteiger partial charge in [-0.2, -0.15) is 0 Å². The van der Waals surface area contributed by atoms with E-state index in [-0.39, 0.29) is 0 Å². The summed E-state index contributed by atoms with van der Waals surface area (Å²) >= 11 is 19.0. The van der Waals surface area contributed by atoms with Crippen molar-refractivity contribution >= 4 is 61.9 Å². The molecule has 0 atom stereocenters. The summed E-state index contributed by atoms with van der Waals surface area (Å²) in [6.07, 6.45) is 0. The number of benzene rings is 2. The fourth-order valence-corrected chi connectivity index (χ4v) is 4.73. The van der Waals surface area contributed by atoms with Crippen molar-refractivity contribution in [3.8, 4) is 0 Å². The van der Waals surface area contributed by atoms with Crippen LogP contribution in [0.15, 0.2) is 48.5 Å². The van der Waals surface area contributed by atoms with Gasteiger partial charge in [-0.3, -0.25) is 0 Å². The van der Waals surface area contributed by atoms with Gasteiger partial charge in [0.05, 0.1) is 0 Å². The van der Waals surface area contributed by atoms with Crippen LogP contribution < -0.4 is 9.80 Å². The van der Waals surface area contributed by atoms with Gasteiger partial charge in [0.1, 0.15) is 0 Å². The fraction of sp³-hybridized carbons (Fsp3) is 0.333. The third-order valence-corrected chi connectivity index (χ3v) is 6.37. The Morgan fingerprint density at radius 2 is 0.880 bits per heavy atom. The topological polar surface area (TPSA) is 6.48 Å². The maximum absolute atomic E-state index is 4.32. The molecule has 25 heavy (non-hydrogen) atoms. The summed E-state index contributed by atoms with van der Waals surface area (Å²) in [5.41, 5.74) is 5.01. The molecule has 0 spiro atoms. The van der Waals surface area contributed by atoms with Crippen molar-refractivity contribution in [3.63, 3.8) is 0 Å². The normalized spacial score (nSPS) is 10.9. The SMILES string of the molecule is SCN(CS)c1ccc([CH2][Ni][CH2]c2ccc(N(CS)CS)cc2)cc1. The second kappa shape index (κ2) is 11.6. The average Bonchev–Trinajstić information content (AvgIpc) is 2.66. The van der Waals surface area contributed by atoms with Crippen LogP contribution in [-0.4, -0.2) is 23.5 Å². The third-order valence-electron chi connectivity index (χ3n) is 3.70. The number of hydrogen-bond donors (Lipinski definition) is 4. The van der Waals surface area contributed by atoms with Gasteiger partial charge in [0.25, 0.3) is 0 Å². The zero-order valence-corrected chi connectivity index (χ0v) is 18.4. The molecule has 2 nitrogen and oxygen atoms in total. The van der Waals surface area contributed by atoms with Crippen molar-refractivity contribution in [1.29, 1.82) is 0 Å². The van der Waals surface area contributed by atoms with E-state index in [1.807, 2.05) is 0 Å². The van der Waals surface area contributed by atoms with Gasteiger partial charge in [-0.25, -0.2) is 0 Å². The molecule has 7 heteroatoms. The van der Waals surface area contributed by atoms with Crippen LogP contribution in [0, 0.1) is 0 Å². The molecule has 0 aromatic heterocycles. The van der Waals surface area contributed by atoms with E-state index < -0.39 is 0 Å². The molecule has 0 N–H and O–H groups in total. The predicted molar refractivity (Wildman–Crippen MR) is 121 cm³/mol. The van der Waals surface area contributed by atoms with E-state index >= 15 is 0 Å². The number of nitrogens with zero attached hydrogens (tertiary/aromatic N) is 2. The molecule has 0 radical (unpaired) electrons. The fourth-order valence-electron chi connectivity index (χ4n) is 2.20. The van der Waals surface area contributed by atoms with Crippen LogP contribution >= 0.6 is 50.5 Å². The molecule has 2 rings (SSSR count). The average molecular weight is 455 g/mol. The van der Waals surface area contributed by atoms with Crippen LogP contribution in [0.3, 0.4) is 0 Å². The van der Waals surface area contributed by atoms with Crippen molar-refractivity contribution in [1.82, 2.24) is 0 Å². The van der Waals surface area contributed by atoms with Crippen LogP contribution in [0.1, 0.15) is 11.1 Å². The first-order valence-corrected chi connectivity index (χ1v) is 11.7. The number of thiol groups is 4. The molecule has 0 saturated heterocycles. The van der Waals surface area contributed by atoms with E-state index in [0.29, 0.717) is 23.5 Å². The molecule has 0 unspecified atom stereocenters. The molecule has 0 aliphatic carbocycles. The molecule has 0 bridgehead atoms. The van der Waals surface area contributed by atoms with Crippen molar-refractivity contribution in [3.05, 3.63) is 59.7 Å². The van der Waals surface area contributed by atoms with E-state index in [0.717, 1.165) is 22.2 Å². The van der Waals surface area contributed by atoms with Gasteiger partial charge in [-0.1, -0.05) is 0 Å². The van der Waals surface area contributed by atoms with E-state index in [1.165, 1.54) is 11.1 Å². The Balaban J connectivity index is 1.84. The predicted octanol–water partition coefficient (Wildman–Crippen LogP) is 4.63. The summed E-state index contributed by atoms with van der Waals surface area (Å²) in [7, 11) is 0. The number of hydrogen-bond acceptors (Lipinski definition) is 6. The molecule has 2 aromatic rings. The van der Waals surface area contributed by atoms with E-state index in [1.54, 1.807) is 14.4 Å². The van der Waals surface area contributed by atoms with Crippen molar-refractivity contribution < 1.29 is 14.4 Å². The van der Waals surface area contributed by atoms with Gasteiger partial charge in [0, 0.05) is 0 Å². The molecular weight excluding hydrogens is 431 g/mol. The zero-order chi connectivity index (χ0) is 18.1. The van der Waals surface area contributed by atoms with Crippen molar-refractivity contribution in [2.45, 2.75) is 10.8 Å². The van der Waals surface area contributed by atoms with Crippen LogP contribution in [-0.2, 0) is 25.2 Å². The minimum absolute atomic E-state index is 0.673. The number of rotatable bonds is 10. The Morgan fingerprint density at radius 3 is 1.16 bits per heavy atom. The Kier molecular flexibility index (Phi) is 9.86. The van der Waals surface area contributed by atoms with Crippen LogP contribution in [0.25, 0.3) is 0 Å². The van der Waals surface area contributed by atoms with Crippen molar-refractivity contribution in [2.75, 3.05) is 33.3 Å². The Morgan fingerprint density at radius 1 is 0.560 bits per heavy atom. The molecule has 0 fully saturated rings. The third kappa shape index (κ3) is 6.55. The van der Waals surface area contributed by atoms with Gasteiger partial charge in [-0.15, -0.1) is 0 Å². The van der Waals surface area contributed by atoms with Crippen LogP contribution in [0.4, 0.5) is 11.4 Å². The van der Waals surface area contributed by atoms with Gasteiger partial charge in [-0.05, 0) is 0 Å². The summed E-state index contributed by atoms with van der Waals surface area (Å²) in [5, 5.41) is 2.05. The van der Waals surface area contributed by atoms with Gasteiger partial charge in [0.2, 0.25) is 0 Å². The Bertz CT molecular complexity index is 558. The van der Waals surface area contributed by atoms with Crippen LogP contribution in [0.5, 0.6) is 0 Å². The maximum atomic E-state index is 4.32. The van der Waals surface area contributed by atoms with Gasteiger partial charge < -0.3 is 0 Å². The molecule has 140 valence electrons.